The van der Waals surface area contributed by atoms with Crippen molar-refractivity contribution in [2.24, 2.45) is 12.0 Å². The van der Waals surface area contributed by atoms with Gasteiger partial charge in [-0.25, -0.2) is 0 Å². The molecule has 10 heteroatoms. The third kappa shape index (κ3) is 3.15. The standard InChI is InChI=1S/C17H12ClN3O5S/c1-20-12-7-13-14(26-5-4-25-13)8-15(12)27-17(20)19-16(22)10-6-9(18)2-3-11(10)21(23)24/h2-3,6-8H,4-5H2,1H3. The van der Waals surface area contributed by atoms with Gasteiger partial charge >= 0.3 is 0 Å². The monoisotopic (exact) mass is 405 g/mol. The molecule has 138 valence electrons. The normalized spacial score (nSPS) is 13.8. The topological polar surface area (TPSA) is 96.0 Å². The van der Waals surface area contributed by atoms with Gasteiger partial charge < -0.3 is 14.0 Å². The van der Waals surface area contributed by atoms with Gasteiger partial charge in [-0.3, -0.25) is 14.9 Å². The minimum atomic E-state index is -0.733. The summed E-state index contributed by atoms with van der Waals surface area (Å²) in [5, 5.41) is 11.4. The minimum Gasteiger partial charge on any atom is -0.486 e. The predicted molar refractivity (Wildman–Crippen MR) is 99.8 cm³/mol. The Hall–Kier alpha value is -2.91. The van der Waals surface area contributed by atoms with Crippen molar-refractivity contribution < 1.29 is 19.2 Å². The van der Waals surface area contributed by atoms with Crippen LogP contribution >= 0.6 is 22.9 Å². The van der Waals surface area contributed by atoms with Gasteiger partial charge in [0.2, 0.25) is 0 Å². The molecule has 1 aromatic heterocycles. The molecule has 1 aliphatic rings. The predicted octanol–water partition coefficient (Wildman–Crippen LogP) is 3.31. The van der Waals surface area contributed by atoms with Crippen molar-refractivity contribution in [1.82, 2.24) is 4.57 Å². The Morgan fingerprint density at radius 1 is 1.26 bits per heavy atom. The third-order valence-electron chi connectivity index (χ3n) is 4.06. The summed E-state index contributed by atoms with van der Waals surface area (Å²) in [5.74, 6) is 0.535. The van der Waals surface area contributed by atoms with Crippen LogP contribution in [0.25, 0.3) is 10.2 Å². The number of thiazole rings is 1. The first-order valence-corrected chi connectivity index (χ1v) is 9.05. The van der Waals surface area contributed by atoms with Crippen LogP contribution in [0.2, 0.25) is 5.02 Å². The number of benzene rings is 2. The van der Waals surface area contributed by atoms with E-state index in [0.717, 1.165) is 10.2 Å². The first-order chi connectivity index (χ1) is 12.9. The summed E-state index contributed by atoms with van der Waals surface area (Å²) < 4.78 is 13.7. The summed E-state index contributed by atoms with van der Waals surface area (Å²) in [6, 6.07) is 7.46. The summed E-state index contributed by atoms with van der Waals surface area (Å²) in [6.07, 6.45) is 0. The molecule has 0 atom stereocenters. The van der Waals surface area contributed by atoms with E-state index in [-0.39, 0.29) is 16.3 Å². The fourth-order valence-corrected chi connectivity index (χ4v) is 3.96. The number of halogens is 1. The van der Waals surface area contributed by atoms with E-state index in [1.807, 2.05) is 12.1 Å². The molecule has 27 heavy (non-hydrogen) atoms. The Bertz CT molecular complexity index is 1170. The number of nitrogens with zero attached hydrogens (tertiary/aromatic N) is 3. The van der Waals surface area contributed by atoms with Crippen molar-refractivity contribution in [3.05, 3.63) is 55.8 Å². The van der Waals surface area contributed by atoms with E-state index in [1.54, 1.807) is 11.6 Å². The van der Waals surface area contributed by atoms with Crippen molar-refractivity contribution in [1.29, 1.82) is 0 Å². The smallest absolute Gasteiger partial charge is 0.286 e. The van der Waals surface area contributed by atoms with E-state index in [1.165, 1.54) is 29.5 Å². The molecule has 0 unspecified atom stereocenters. The molecule has 1 aliphatic heterocycles. The third-order valence-corrected chi connectivity index (χ3v) is 5.39. The Morgan fingerprint density at radius 3 is 2.67 bits per heavy atom. The Labute approximate surface area is 161 Å². The van der Waals surface area contributed by atoms with Gasteiger partial charge in [-0.2, -0.15) is 4.99 Å². The minimum absolute atomic E-state index is 0.157. The van der Waals surface area contributed by atoms with Crippen LogP contribution in [0.3, 0.4) is 0 Å². The number of carbonyl (C=O) groups excluding carboxylic acids is 1. The van der Waals surface area contributed by atoms with Crippen LogP contribution in [0.1, 0.15) is 10.4 Å². The number of hydrogen-bond acceptors (Lipinski definition) is 6. The largest absolute Gasteiger partial charge is 0.486 e. The second kappa shape index (κ2) is 6.67. The van der Waals surface area contributed by atoms with Crippen molar-refractivity contribution >= 4 is 44.7 Å². The summed E-state index contributed by atoms with van der Waals surface area (Å²) in [5.41, 5.74) is 0.321. The van der Waals surface area contributed by atoms with Gasteiger partial charge in [-0.1, -0.05) is 22.9 Å². The first kappa shape index (κ1) is 17.5. The van der Waals surface area contributed by atoms with Crippen LogP contribution in [0.4, 0.5) is 5.69 Å². The second-order valence-corrected chi connectivity index (χ2v) is 7.19. The van der Waals surface area contributed by atoms with Crippen LogP contribution in [0.5, 0.6) is 11.5 Å². The van der Waals surface area contributed by atoms with Gasteiger partial charge in [-0.15, -0.1) is 0 Å². The molecule has 0 fully saturated rings. The van der Waals surface area contributed by atoms with E-state index >= 15 is 0 Å². The average Bonchev–Trinajstić information content (AvgIpc) is 2.94. The lowest BCUT2D eigenvalue weighted by Crippen LogP contribution is -2.16. The number of carbonyl (C=O) groups is 1. The lowest BCUT2D eigenvalue weighted by atomic mass is 10.2. The quantitative estimate of drug-likeness (QED) is 0.481. The molecule has 2 heterocycles. The molecular weight excluding hydrogens is 394 g/mol. The highest BCUT2D eigenvalue weighted by molar-refractivity contribution is 7.16. The lowest BCUT2D eigenvalue weighted by molar-refractivity contribution is -0.385. The van der Waals surface area contributed by atoms with E-state index in [2.05, 4.69) is 4.99 Å². The van der Waals surface area contributed by atoms with Crippen LogP contribution in [-0.2, 0) is 7.05 Å². The van der Waals surface area contributed by atoms with Crippen LogP contribution in [0, 0.1) is 10.1 Å². The maximum Gasteiger partial charge on any atom is 0.286 e. The molecule has 3 aromatic rings. The van der Waals surface area contributed by atoms with Gasteiger partial charge in [0.05, 0.1) is 15.1 Å². The van der Waals surface area contributed by atoms with Gasteiger partial charge in [-0.05, 0) is 12.1 Å². The van der Waals surface area contributed by atoms with E-state index in [0.29, 0.717) is 29.5 Å². The molecule has 8 nitrogen and oxygen atoms in total. The molecule has 0 saturated heterocycles. The zero-order valence-corrected chi connectivity index (χ0v) is 15.5. The SMILES string of the molecule is Cn1c(=NC(=O)c2cc(Cl)ccc2[N+](=O)[O-])sc2cc3c(cc21)OCCO3. The maximum atomic E-state index is 12.6. The van der Waals surface area contributed by atoms with Crippen LogP contribution in [-0.4, -0.2) is 28.6 Å². The average molecular weight is 406 g/mol. The fourth-order valence-electron chi connectivity index (χ4n) is 2.76. The summed E-state index contributed by atoms with van der Waals surface area (Å²) >= 11 is 7.17. The zero-order chi connectivity index (χ0) is 19.1. The number of nitro groups is 1. The Morgan fingerprint density at radius 2 is 1.96 bits per heavy atom. The number of nitro benzene ring substituents is 1. The zero-order valence-electron chi connectivity index (χ0n) is 14.0. The molecular formula is C17H12ClN3O5S. The molecule has 0 radical (unpaired) electrons. The molecule has 0 saturated carbocycles. The lowest BCUT2D eigenvalue weighted by Gasteiger charge is -2.18. The number of rotatable bonds is 2. The summed E-state index contributed by atoms with van der Waals surface area (Å²) in [4.78, 5) is 27.6. The Balaban J connectivity index is 1.84. The van der Waals surface area contributed by atoms with Crippen molar-refractivity contribution in [2.75, 3.05) is 13.2 Å². The van der Waals surface area contributed by atoms with E-state index in [9.17, 15) is 14.9 Å². The molecule has 0 N–H and O–H groups in total. The number of amides is 1. The highest BCUT2D eigenvalue weighted by Gasteiger charge is 2.21. The molecule has 0 aliphatic carbocycles. The summed E-state index contributed by atoms with van der Waals surface area (Å²) in [7, 11) is 1.76. The van der Waals surface area contributed by atoms with Crippen LogP contribution < -0.4 is 14.3 Å². The first-order valence-electron chi connectivity index (χ1n) is 7.86. The van der Waals surface area contributed by atoms with E-state index < -0.39 is 10.8 Å². The van der Waals surface area contributed by atoms with Gasteiger partial charge in [0, 0.05) is 30.3 Å². The fraction of sp³-hybridized carbons (Fsp3) is 0.176. The number of ether oxygens (including phenoxy) is 2. The maximum absolute atomic E-state index is 12.6. The highest BCUT2D eigenvalue weighted by Crippen LogP contribution is 2.35. The molecule has 0 spiro atoms. The second-order valence-electron chi connectivity index (χ2n) is 5.74. The molecule has 2 aromatic carbocycles. The highest BCUT2D eigenvalue weighted by atomic mass is 35.5. The number of aryl methyl sites for hydroxylation is 1. The van der Waals surface area contributed by atoms with Crippen molar-refractivity contribution in [3.8, 4) is 11.5 Å². The van der Waals surface area contributed by atoms with Gasteiger partial charge in [0.25, 0.3) is 11.6 Å². The Kier molecular flexibility index (Phi) is 4.33. The van der Waals surface area contributed by atoms with Gasteiger partial charge in [0.15, 0.2) is 16.3 Å². The molecule has 1 amide bonds. The van der Waals surface area contributed by atoms with Crippen molar-refractivity contribution in [2.45, 2.75) is 0 Å². The van der Waals surface area contributed by atoms with E-state index in [4.69, 9.17) is 21.1 Å². The number of hydrogen-bond donors (Lipinski definition) is 0. The van der Waals surface area contributed by atoms with Crippen molar-refractivity contribution in [3.63, 3.8) is 0 Å². The van der Waals surface area contributed by atoms with Crippen LogP contribution in [0.15, 0.2) is 35.3 Å². The number of fused-ring (bicyclic) bond motifs is 2. The number of aromatic nitrogens is 1. The molecule has 4 rings (SSSR count). The summed E-state index contributed by atoms with van der Waals surface area (Å²) in [6.45, 7) is 0.949. The van der Waals surface area contributed by atoms with Gasteiger partial charge in [0.1, 0.15) is 18.8 Å². The molecule has 0 bridgehead atoms.